The number of hydrogen-bond donors (Lipinski definition) is 0. The normalized spacial score (nSPS) is 11.8. The molecule has 0 aromatic heterocycles. The Morgan fingerprint density at radius 2 is 1.04 bits per heavy atom. The molecule has 0 saturated carbocycles. The summed E-state index contributed by atoms with van der Waals surface area (Å²) in [5.74, 6) is 1.07. The Kier molecular flexibility index (Phi) is 4.61. The maximum absolute atomic E-state index is 13.6. The molecule has 0 aliphatic heterocycles. The van der Waals surface area contributed by atoms with Crippen LogP contribution >= 0.6 is 7.75 Å². The summed E-state index contributed by atoms with van der Waals surface area (Å²) in [6.45, 7) is 0. The van der Waals surface area contributed by atoms with Crippen molar-refractivity contribution in [1.82, 2.24) is 4.67 Å². The van der Waals surface area contributed by atoms with E-state index in [0.717, 1.165) is 21.5 Å². The van der Waals surface area contributed by atoms with Crippen molar-refractivity contribution in [2.24, 2.45) is 0 Å². The van der Waals surface area contributed by atoms with E-state index in [1.807, 2.05) is 84.9 Å². The quantitative estimate of drug-likeness (QED) is 0.393. The molecule has 0 amide bonds. The largest absolute Gasteiger partial charge is 0.515 e. The maximum atomic E-state index is 13.6. The lowest BCUT2D eigenvalue weighted by Gasteiger charge is -2.25. The van der Waals surface area contributed by atoms with Crippen LogP contribution in [0, 0.1) is 0 Å². The first-order chi connectivity index (χ1) is 13.1. The first-order valence-electron chi connectivity index (χ1n) is 8.69. The molecule has 0 aliphatic carbocycles. The molecule has 4 aromatic carbocycles. The summed E-state index contributed by atoms with van der Waals surface area (Å²) in [6, 6.07) is 27.1. The molecule has 4 rings (SSSR count). The van der Waals surface area contributed by atoms with Crippen molar-refractivity contribution in [1.29, 1.82) is 0 Å². The van der Waals surface area contributed by atoms with Gasteiger partial charge in [-0.1, -0.05) is 72.8 Å². The van der Waals surface area contributed by atoms with Crippen LogP contribution in [0.3, 0.4) is 0 Å². The number of nitrogens with zero attached hydrogens (tertiary/aromatic N) is 1. The van der Waals surface area contributed by atoms with Crippen molar-refractivity contribution in [3.05, 3.63) is 84.9 Å². The molecular formula is C22H20NO3P. The van der Waals surface area contributed by atoms with Crippen molar-refractivity contribution < 1.29 is 13.6 Å². The van der Waals surface area contributed by atoms with Crippen LogP contribution < -0.4 is 9.05 Å². The van der Waals surface area contributed by atoms with Gasteiger partial charge in [0.15, 0.2) is 0 Å². The third-order valence-corrected chi connectivity index (χ3v) is 6.25. The van der Waals surface area contributed by atoms with Crippen LogP contribution in [0.1, 0.15) is 0 Å². The second-order valence-corrected chi connectivity index (χ2v) is 8.56. The molecule has 27 heavy (non-hydrogen) atoms. The Hall–Kier alpha value is -2.81. The van der Waals surface area contributed by atoms with Gasteiger partial charge in [-0.15, -0.1) is 0 Å². The molecule has 136 valence electrons. The van der Waals surface area contributed by atoms with Crippen molar-refractivity contribution >= 4 is 29.3 Å². The van der Waals surface area contributed by atoms with Crippen LogP contribution in [0.5, 0.6) is 11.5 Å². The van der Waals surface area contributed by atoms with Crippen molar-refractivity contribution in [3.8, 4) is 11.5 Å². The van der Waals surface area contributed by atoms with Gasteiger partial charge in [-0.25, -0.2) is 4.57 Å². The van der Waals surface area contributed by atoms with Gasteiger partial charge in [0, 0.05) is 10.8 Å². The number of fused-ring (bicyclic) bond motifs is 2. The molecule has 0 bridgehead atoms. The molecule has 0 heterocycles. The fourth-order valence-corrected chi connectivity index (χ4v) is 4.16. The van der Waals surface area contributed by atoms with E-state index < -0.39 is 7.75 Å². The Balaban J connectivity index is 1.76. The summed E-state index contributed by atoms with van der Waals surface area (Å²) in [7, 11) is -0.227. The van der Waals surface area contributed by atoms with E-state index in [0.29, 0.717) is 11.5 Å². The van der Waals surface area contributed by atoms with Crippen LogP contribution in [0.25, 0.3) is 21.5 Å². The van der Waals surface area contributed by atoms with E-state index in [4.69, 9.17) is 9.05 Å². The predicted molar refractivity (Wildman–Crippen MR) is 110 cm³/mol. The molecule has 0 spiro atoms. The third kappa shape index (κ3) is 3.42. The summed E-state index contributed by atoms with van der Waals surface area (Å²) < 4.78 is 27.1. The van der Waals surface area contributed by atoms with Crippen LogP contribution in [0.4, 0.5) is 0 Å². The van der Waals surface area contributed by atoms with Crippen LogP contribution in [0.2, 0.25) is 0 Å². The zero-order chi connectivity index (χ0) is 18.9. The Morgan fingerprint density at radius 1 is 0.630 bits per heavy atom. The highest BCUT2D eigenvalue weighted by Gasteiger charge is 2.33. The van der Waals surface area contributed by atoms with E-state index in [1.165, 1.54) is 4.67 Å². The molecule has 0 unspecified atom stereocenters. The van der Waals surface area contributed by atoms with Crippen LogP contribution in [-0.4, -0.2) is 18.8 Å². The highest BCUT2D eigenvalue weighted by atomic mass is 31.2. The van der Waals surface area contributed by atoms with Crippen molar-refractivity contribution in [2.75, 3.05) is 14.1 Å². The van der Waals surface area contributed by atoms with Gasteiger partial charge >= 0.3 is 7.75 Å². The smallest absolute Gasteiger partial charge is 0.404 e. The van der Waals surface area contributed by atoms with Gasteiger partial charge in [0.2, 0.25) is 0 Å². The minimum absolute atomic E-state index is 0.533. The molecule has 0 radical (unpaired) electrons. The van der Waals surface area contributed by atoms with Crippen LogP contribution in [-0.2, 0) is 4.57 Å². The van der Waals surface area contributed by atoms with E-state index in [-0.39, 0.29) is 0 Å². The molecule has 4 aromatic rings. The lowest BCUT2D eigenvalue weighted by molar-refractivity contribution is 0.328. The lowest BCUT2D eigenvalue weighted by atomic mass is 10.1. The number of benzene rings is 4. The molecule has 0 N–H and O–H groups in total. The summed E-state index contributed by atoms with van der Waals surface area (Å²) in [5, 5.41) is 3.82. The standard InChI is InChI=1S/C22H20NO3P/c1-23(2)27(24,25-21-15-7-11-17-9-3-5-13-19(17)21)26-22-16-8-12-18-10-4-6-14-20(18)22/h3-16H,1-2H3. The second-order valence-electron chi connectivity index (χ2n) is 6.45. The van der Waals surface area contributed by atoms with Gasteiger partial charge in [0.1, 0.15) is 11.5 Å². The zero-order valence-corrected chi connectivity index (χ0v) is 16.1. The third-order valence-electron chi connectivity index (χ3n) is 4.42. The zero-order valence-electron chi connectivity index (χ0n) is 15.2. The molecule has 0 atom stereocenters. The fraction of sp³-hybridized carbons (Fsp3) is 0.0909. The van der Waals surface area contributed by atoms with Gasteiger partial charge < -0.3 is 9.05 Å². The summed E-state index contributed by atoms with van der Waals surface area (Å²) in [5.41, 5.74) is 0. The summed E-state index contributed by atoms with van der Waals surface area (Å²) in [6.07, 6.45) is 0. The number of hydrogen-bond acceptors (Lipinski definition) is 3. The first kappa shape index (κ1) is 17.6. The van der Waals surface area contributed by atoms with E-state index >= 15 is 0 Å². The molecule has 0 saturated heterocycles. The molecule has 4 nitrogen and oxygen atoms in total. The van der Waals surface area contributed by atoms with Gasteiger partial charge in [-0.2, -0.15) is 4.67 Å². The Morgan fingerprint density at radius 3 is 1.48 bits per heavy atom. The van der Waals surface area contributed by atoms with E-state index in [9.17, 15) is 4.57 Å². The molecule has 5 heteroatoms. The van der Waals surface area contributed by atoms with Crippen LogP contribution in [0.15, 0.2) is 84.9 Å². The highest BCUT2D eigenvalue weighted by Crippen LogP contribution is 2.52. The minimum atomic E-state index is -3.61. The molecular weight excluding hydrogens is 357 g/mol. The van der Waals surface area contributed by atoms with Gasteiger partial charge in [0.05, 0.1) is 0 Å². The number of rotatable bonds is 5. The Labute approximate surface area is 158 Å². The first-order valence-corrected chi connectivity index (χ1v) is 10.2. The molecule has 0 aliphatic rings. The fourth-order valence-electron chi connectivity index (χ4n) is 2.98. The average Bonchev–Trinajstić information content (AvgIpc) is 2.68. The maximum Gasteiger partial charge on any atom is 0.515 e. The summed E-state index contributed by atoms with van der Waals surface area (Å²) >= 11 is 0. The molecule has 0 fully saturated rings. The van der Waals surface area contributed by atoms with Gasteiger partial charge in [-0.05, 0) is 37.0 Å². The van der Waals surface area contributed by atoms with E-state index in [2.05, 4.69) is 0 Å². The van der Waals surface area contributed by atoms with Gasteiger partial charge in [0.25, 0.3) is 0 Å². The topological polar surface area (TPSA) is 38.8 Å². The SMILES string of the molecule is CN(C)P(=O)(Oc1cccc2ccccc12)Oc1cccc2ccccc12. The Bertz CT molecular complexity index is 1060. The van der Waals surface area contributed by atoms with Gasteiger partial charge in [-0.3, -0.25) is 0 Å². The monoisotopic (exact) mass is 377 g/mol. The average molecular weight is 377 g/mol. The van der Waals surface area contributed by atoms with Crippen molar-refractivity contribution in [2.45, 2.75) is 0 Å². The highest BCUT2D eigenvalue weighted by molar-refractivity contribution is 7.52. The lowest BCUT2D eigenvalue weighted by Crippen LogP contribution is -2.17. The minimum Gasteiger partial charge on any atom is -0.404 e. The summed E-state index contributed by atoms with van der Waals surface area (Å²) in [4.78, 5) is 0. The van der Waals surface area contributed by atoms with E-state index in [1.54, 1.807) is 14.1 Å². The van der Waals surface area contributed by atoms with Crippen molar-refractivity contribution in [3.63, 3.8) is 0 Å². The predicted octanol–water partition coefficient (Wildman–Crippen LogP) is 6.12. The second kappa shape index (κ2) is 7.07.